The summed E-state index contributed by atoms with van der Waals surface area (Å²) in [5, 5.41) is 9.84. The lowest BCUT2D eigenvalue weighted by atomic mass is 10.1. The molecule has 0 aliphatic carbocycles. The van der Waals surface area contributed by atoms with Crippen molar-refractivity contribution < 1.29 is 24.1 Å². The third kappa shape index (κ3) is 2.87. The molecule has 108 valence electrons. The molecule has 1 N–H and O–H groups in total. The van der Waals surface area contributed by atoms with Crippen molar-refractivity contribution in [3.8, 4) is 17.2 Å². The van der Waals surface area contributed by atoms with Crippen molar-refractivity contribution in [1.29, 1.82) is 0 Å². The van der Waals surface area contributed by atoms with E-state index < -0.39 is 5.97 Å². The van der Waals surface area contributed by atoms with Gasteiger partial charge in [-0.15, -0.1) is 0 Å². The molecule has 2 aromatic rings. The molecule has 0 atom stereocenters. The third-order valence-corrected chi connectivity index (χ3v) is 3.22. The number of benzene rings is 2. The number of carbonyl (C=O) groups is 1. The predicted octanol–water partition coefficient (Wildman–Crippen LogP) is 3.35. The molecule has 6 heteroatoms. The normalized spacial score (nSPS) is 12.2. The Morgan fingerprint density at radius 1 is 1.24 bits per heavy atom. The van der Waals surface area contributed by atoms with Gasteiger partial charge in [0.25, 0.3) is 0 Å². The average molecular weight is 307 g/mol. The highest BCUT2D eigenvalue weighted by Gasteiger charge is 2.21. The fourth-order valence-corrected chi connectivity index (χ4v) is 2.21. The Morgan fingerprint density at radius 2 is 2.00 bits per heavy atom. The summed E-state index contributed by atoms with van der Waals surface area (Å²) in [6, 6.07) is 10.1. The van der Waals surface area contributed by atoms with E-state index in [2.05, 4.69) is 0 Å². The Balaban J connectivity index is 1.86. The monoisotopic (exact) mass is 306 g/mol. The maximum atomic E-state index is 11.3. The first-order valence-corrected chi connectivity index (χ1v) is 6.55. The van der Waals surface area contributed by atoms with Crippen molar-refractivity contribution >= 4 is 17.6 Å². The summed E-state index contributed by atoms with van der Waals surface area (Å²) in [6.45, 7) is 0.284. The van der Waals surface area contributed by atoms with E-state index in [0.717, 1.165) is 5.56 Å². The molecule has 1 heterocycles. The topological polar surface area (TPSA) is 65.0 Å². The van der Waals surface area contributed by atoms with E-state index in [0.29, 0.717) is 16.5 Å². The van der Waals surface area contributed by atoms with Crippen molar-refractivity contribution in [2.75, 3.05) is 6.79 Å². The molecule has 3 rings (SSSR count). The molecule has 0 spiro atoms. The molecule has 1 aliphatic rings. The number of carboxylic acids is 1. The van der Waals surface area contributed by atoms with Crippen LogP contribution < -0.4 is 14.2 Å². The number of halogens is 1. The Kier molecular flexibility index (Phi) is 3.58. The highest BCUT2D eigenvalue weighted by atomic mass is 35.5. The van der Waals surface area contributed by atoms with E-state index in [-0.39, 0.29) is 24.7 Å². The van der Waals surface area contributed by atoms with E-state index in [1.807, 2.05) is 6.07 Å². The Morgan fingerprint density at radius 3 is 2.71 bits per heavy atom. The van der Waals surface area contributed by atoms with Crippen LogP contribution in [-0.4, -0.2) is 17.9 Å². The van der Waals surface area contributed by atoms with Crippen LogP contribution in [0, 0.1) is 0 Å². The summed E-state index contributed by atoms with van der Waals surface area (Å²) in [5.41, 5.74) is 0.873. The highest BCUT2D eigenvalue weighted by molar-refractivity contribution is 6.30. The fraction of sp³-hybridized carbons (Fsp3) is 0.133. The molecule has 0 saturated carbocycles. The van der Waals surface area contributed by atoms with Crippen molar-refractivity contribution in [1.82, 2.24) is 0 Å². The lowest BCUT2D eigenvalue weighted by Gasteiger charge is -2.10. The molecule has 0 aromatic heterocycles. The quantitative estimate of drug-likeness (QED) is 0.938. The molecule has 0 bridgehead atoms. The van der Waals surface area contributed by atoms with Crippen LogP contribution in [0.1, 0.15) is 15.9 Å². The van der Waals surface area contributed by atoms with E-state index in [1.165, 1.54) is 12.1 Å². The number of rotatable bonds is 4. The standard InChI is InChI=1S/C15H11ClO5/c16-10-3-1-2-9(4-10)7-19-12-6-14-13(20-8-21-14)5-11(12)15(17)18/h1-6H,7-8H2,(H,17,18). The maximum absolute atomic E-state index is 11.3. The maximum Gasteiger partial charge on any atom is 0.339 e. The molecular weight excluding hydrogens is 296 g/mol. The lowest BCUT2D eigenvalue weighted by molar-refractivity contribution is 0.0691. The van der Waals surface area contributed by atoms with Crippen molar-refractivity contribution in [3.63, 3.8) is 0 Å². The van der Waals surface area contributed by atoms with Crippen LogP contribution >= 0.6 is 11.6 Å². The van der Waals surface area contributed by atoms with Crippen LogP contribution in [0.2, 0.25) is 5.02 Å². The second-order valence-electron chi connectivity index (χ2n) is 4.43. The van der Waals surface area contributed by atoms with Gasteiger partial charge in [-0.3, -0.25) is 0 Å². The van der Waals surface area contributed by atoms with Crippen molar-refractivity contribution in [2.24, 2.45) is 0 Å². The first-order chi connectivity index (χ1) is 10.1. The number of fused-ring (bicyclic) bond motifs is 1. The van der Waals surface area contributed by atoms with Crippen LogP contribution in [-0.2, 0) is 6.61 Å². The fourth-order valence-electron chi connectivity index (χ4n) is 2.00. The molecule has 0 fully saturated rings. The van der Waals surface area contributed by atoms with Gasteiger partial charge in [0.15, 0.2) is 11.5 Å². The molecule has 2 aromatic carbocycles. The van der Waals surface area contributed by atoms with Crippen LogP contribution in [0.3, 0.4) is 0 Å². The first kappa shape index (κ1) is 13.6. The van der Waals surface area contributed by atoms with Gasteiger partial charge in [-0.2, -0.15) is 0 Å². The number of ether oxygens (including phenoxy) is 3. The van der Waals surface area contributed by atoms with Gasteiger partial charge in [0.1, 0.15) is 17.9 Å². The second kappa shape index (κ2) is 5.54. The molecule has 0 radical (unpaired) electrons. The van der Waals surface area contributed by atoms with Gasteiger partial charge in [-0.1, -0.05) is 23.7 Å². The summed E-state index contributed by atoms with van der Waals surface area (Å²) >= 11 is 5.90. The van der Waals surface area contributed by atoms with E-state index in [4.69, 9.17) is 25.8 Å². The van der Waals surface area contributed by atoms with Gasteiger partial charge >= 0.3 is 5.97 Å². The zero-order chi connectivity index (χ0) is 14.8. The van der Waals surface area contributed by atoms with Crippen LogP contribution in [0.5, 0.6) is 17.2 Å². The smallest absolute Gasteiger partial charge is 0.339 e. The molecule has 1 aliphatic heterocycles. The average Bonchev–Trinajstić information content (AvgIpc) is 2.91. The molecule has 0 unspecified atom stereocenters. The van der Waals surface area contributed by atoms with E-state index in [1.54, 1.807) is 18.2 Å². The van der Waals surface area contributed by atoms with Gasteiger partial charge in [0.2, 0.25) is 6.79 Å². The van der Waals surface area contributed by atoms with E-state index in [9.17, 15) is 9.90 Å². The van der Waals surface area contributed by atoms with Gasteiger partial charge < -0.3 is 19.3 Å². The summed E-state index contributed by atoms with van der Waals surface area (Å²) in [7, 11) is 0. The van der Waals surface area contributed by atoms with Gasteiger partial charge in [0.05, 0.1) is 0 Å². The summed E-state index contributed by atoms with van der Waals surface area (Å²) < 4.78 is 16.0. The van der Waals surface area contributed by atoms with Crippen LogP contribution in [0.4, 0.5) is 0 Å². The molecular formula is C15H11ClO5. The number of hydrogen-bond acceptors (Lipinski definition) is 4. The summed E-state index contributed by atoms with van der Waals surface area (Å²) in [5.74, 6) is 0.0183. The second-order valence-corrected chi connectivity index (χ2v) is 4.86. The number of aromatic carboxylic acids is 1. The van der Waals surface area contributed by atoms with Crippen molar-refractivity contribution in [2.45, 2.75) is 6.61 Å². The Labute approximate surface area is 125 Å². The SMILES string of the molecule is O=C(O)c1cc2c(cc1OCc1cccc(Cl)c1)OCO2. The summed E-state index contributed by atoms with van der Waals surface area (Å²) in [6.07, 6.45) is 0. The highest BCUT2D eigenvalue weighted by Crippen LogP contribution is 2.38. The lowest BCUT2D eigenvalue weighted by Crippen LogP contribution is -2.03. The largest absolute Gasteiger partial charge is 0.488 e. The predicted molar refractivity (Wildman–Crippen MR) is 75.3 cm³/mol. The summed E-state index contributed by atoms with van der Waals surface area (Å²) in [4.78, 5) is 11.3. The zero-order valence-corrected chi connectivity index (χ0v) is 11.6. The number of carboxylic acid groups (broad SMARTS) is 1. The zero-order valence-electron chi connectivity index (χ0n) is 10.8. The minimum atomic E-state index is -1.09. The Bertz CT molecular complexity index is 698. The third-order valence-electron chi connectivity index (χ3n) is 2.99. The number of hydrogen-bond donors (Lipinski definition) is 1. The van der Waals surface area contributed by atoms with Crippen LogP contribution in [0.15, 0.2) is 36.4 Å². The molecule has 0 saturated heterocycles. The minimum absolute atomic E-state index is 0.0290. The van der Waals surface area contributed by atoms with Gasteiger partial charge in [-0.05, 0) is 17.7 Å². The Hall–Kier alpha value is -2.40. The molecule has 21 heavy (non-hydrogen) atoms. The molecule has 0 amide bonds. The minimum Gasteiger partial charge on any atom is -0.488 e. The molecule has 5 nitrogen and oxygen atoms in total. The first-order valence-electron chi connectivity index (χ1n) is 6.17. The van der Waals surface area contributed by atoms with Crippen LogP contribution in [0.25, 0.3) is 0 Å². The van der Waals surface area contributed by atoms with Gasteiger partial charge in [0, 0.05) is 17.2 Å². The van der Waals surface area contributed by atoms with Gasteiger partial charge in [-0.25, -0.2) is 4.79 Å². The van der Waals surface area contributed by atoms with Crippen molar-refractivity contribution in [3.05, 3.63) is 52.5 Å². The van der Waals surface area contributed by atoms with E-state index >= 15 is 0 Å².